The van der Waals surface area contributed by atoms with Crippen LogP contribution in [0, 0.1) is 0 Å². The lowest BCUT2D eigenvalue weighted by molar-refractivity contribution is -0.172. The number of aliphatic hydroxyl groups is 1. The van der Waals surface area contributed by atoms with Crippen molar-refractivity contribution in [3.8, 4) is 22.8 Å². The fourth-order valence-electron chi connectivity index (χ4n) is 5.37. The van der Waals surface area contributed by atoms with Gasteiger partial charge in [-0.1, -0.05) is 20.4 Å². The number of nitrogens with zero attached hydrogens (tertiary/aromatic N) is 6. The van der Waals surface area contributed by atoms with Crippen LogP contribution in [-0.2, 0) is 46.0 Å². The van der Waals surface area contributed by atoms with Gasteiger partial charge in [0.1, 0.15) is 6.61 Å². The van der Waals surface area contributed by atoms with Crippen molar-refractivity contribution in [3.05, 3.63) is 69.0 Å². The Hall–Kier alpha value is -4.71. The quantitative estimate of drug-likeness (QED) is 0.246. The molecule has 12 heteroatoms. The molecule has 1 atom stereocenters. The van der Waals surface area contributed by atoms with Gasteiger partial charge in [0, 0.05) is 22.1 Å². The highest BCUT2D eigenvalue weighted by molar-refractivity contribution is 5.91. The number of hydrogen-bond donors (Lipinski definition) is 2. The lowest BCUT2D eigenvalue weighted by Gasteiger charge is -2.31. The largest absolute Gasteiger partial charge is 0.478 e. The molecule has 0 saturated carbocycles. The lowest BCUT2D eigenvalue weighted by atomic mass is 9.86. The maximum Gasteiger partial charge on any atom is 0.343 e. The minimum Gasteiger partial charge on any atom is -0.478 e. The molecule has 0 radical (unpaired) electrons. The summed E-state index contributed by atoms with van der Waals surface area (Å²) in [4.78, 5) is 43.1. The van der Waals surface area contributed by atoms with Gasteiger partial charge in [0.05, 0.1) is 41.1 Å². The molecule has 0 fully saturated rings. The van der Waals surface area contributed by atoms with Crippen LogP contribution in [0.3, 0.4) is 0 Å². The Morgan fingerprint density at radius 3 is 2.72 bits per heavy atom. The zero-order valence-corrected chi connectivity index (χ0v) is 21.3. The van der Waals surface area contributed by atoms with Crippen molar-refractivity contribution >= 4 is 22.8 Å². The third kappa shape index (κ3) is 3.59. The summed E-state index contributed by atoms with van der Waals surface area (Å²) in [6.45, 7) is 7.22. The third-order valence-corrected chi connectivity index (χ3v) is 7.51. The first-order valence-electron chi connectivity index (χ1n) is 12.5. The average molecular weight is 529 g/mol. The Morgan fingerprint density at radius 2 is 2.00 bits per heavy atom. The smallest absolute Gasteiger partial charge is 0.343 e. The van der Waals surface area contributed by atoms with E-state index in [0.29, 0.717) is 41.3 Å². The number of pyridine rings is 2. The van der Waals surface area contributed by atoms with E-state index >= 15 is 0 Å². The van der Waals surface area contributed by atoms with E-state index in [1.54, 1.807) is 23.6 Å². The van der Waals surface area contributed by atoms with Crippen LogP contribution in [0.2, 0.25) is 0 Å². The number of aliphatic carboxylic acids is 1. The number of fused-ring (bicyclic) bond motifs is 5. The van der Waals surface area contributed by atoms with Gasteiger partial charge >= 0.3 is 11.9 Å². The second-order valence-corrected chi connectivity index (χ2v) is 9.66. The number of carboxylic acids is 1. The molecule has 0 unspecified atom stereocenters. The topological polar surface area (TPSA) is 162 Å². The van der Waals surface area contributed by atoms with Crippen molar-refractivity contribution in [2.24, 2.45) is 0 Å². The molecule has 0 saturated heterocycles. The molecule has 39 heavy (non-hydrogen) atoms. The fraction of sp³-hybridized carbons (Fsp3) is 0.296. The molecule has 12 nitrogen and oxygen atoms in total. The van der Waals surface area contributed by atoms with Gasteiger partial charge < -0.3 is 19.5 Å². The summed E-state index contributed by atoms with van der Waals surface area (Å²) >= 11 is 0. The van der Waals surface area contributed by atoms with Crippen molar-refractivity contribution in [2.75, 3.05) is 0 Å². The highest BCUT2D eigenvalue weighted by atomic mass is 16.6. The van der Waals surface area contributed by atoms with E-state index < -0.39 is 17.5 Å². The summed E-state index contributed by atoms with van der Waals surface area (Å²) in [7, 11) is 0. The molecule has 2 aliphatic rings. The second-order valence-electron chi connectivity index (χ2n) is 9.66. The number of carbonyl (C=O) groups excluding carboxylic acids is 1. The van der Waals surface area contributed by atoms with Gasteiger partial charge in [0.25, 0.3) is 5.56 Å². The van der Waals surface area contributed by atoms with Crippen molar-refractivity contribution in [2.45, 2.75) is 52.0 Å². The van der Waals surface area contributed by atoms with E-state index in [0.717, 1.165) is 16.5 Å². The highest BCUT2D eigenvalue weighted by Gasteiger charge is 2.45. The van der Waals surface area contributed by atoms with Crippen LogP contribution in [-0.4, -0.2) is 51.9 Å². The first kappa shape index (κ1) is 24.6. The standard InChI is InChI=1S/C27H24N6O6/c1-4-15-16-8-14(23-29-31-33(30-23)10-13(3)25(35)36)6-7-20(16)28-22-17(15)11-32-21(22)9-19-18(24(32)34)12-39-26(37)27(19,38)5-2/h6-9,38H,3-5,10-12H2,1-2H3,(H,35,36)/t27-/m0/s1. The lowest BCUT2D eigenvalue weighted by Crippen LogP contribution is -2.44. The number of ether oxygens (including phenoxy) is 1. The summed E-state index contributed by atoms with van der Waals surface area (Å²) in [5.41, 5.74) is 2.77. The van der Waals surface area contributed by atoms with Gasteiger partial charge in [-0.25, -0.2) is 14.6 Å². The summed E-state index contributed by atoms with van der Waals surface area (Å²) in [6.07, 6.45) is 0.734. The van der Waals surface area contributed by atoms with Crippen molar-refractivity contribution in [3.63, 3.8) is 0 Å². The predicted octanol–water partition coefficient (Wildman–Crippen LogP) is 1.94. The molecular weight excluding hydrogens is 504 g/mol. The Balaban J connectivity index is 1.47. The molecular formula is C27H24N6O6. The van der Waals surface area contributed by atoms with E-state index in [9.17, 15) is 19.5 Å². The van der Waals surface area contributed by atoms with Crippen LogP contribution in [0.5, 0.6) is 0 Å². The second kappa shape index (κ2) is 8.67. The SMILES string of the molecule is C=C(Cn1nnc(-c2ccc3nc4c(c(CC)c3c2)Cn2c-4cc3c(c2=O)COC(=O)[C@]3(O)CC)n1)C(=O)O. The molecule has 2 aliphatic heterocycles. The maximum absolute atomic E-state index is 13.5. The minimum absolute atomic E-state index is 0.0599. The first-order valence-corrected chi connectivity index (χ1v) is 12.5. The number of hydrogen-bond acceptors (Lipinski definition) is 9. The van der Waals surface area contributed by atoms with Gasteiger partial charge in [0.15, 0.2) is 5.60 Å². The Bertz CT molecular complexity index is 1800. The monoisotopic (exact) mass is 528 g/mol. The van der Waals surface area contributed by atoms with Crippen molar-refractivity contribution < 1.29 is 24.5 Å². The predicted molar refractivity (Wildman–Crippen MR) is 137 cm³/mol. The highest BCUT2D eigenvalue weighted by Crippen LogP contribution is 2.40. The van der Waals surface area contributed by atoms with Gasteiger partial charge in [-0.2, -0.15) is 4.80 Å². The zero-order valence-electron chi connectivity index (χ0n) is 21.3. The van der Waals surface area contributed by atoms with Crippen LogP contribution in [0.25, 0.3) is 33.7 Å². The van der Waals surface area contributed by atoms with Crippen LogP contribution in [0.1, 0.15) is 42.5 Å². The number of benzene rings is 1. The number of carbonyl (C=O) groups is 2. The van der Waals surface area contributed by atoms with Crippen LogP contribution in [0.4, 0.5) is 0 Å². The van der Waals surface area contributed by atoms with Crippen LogP contribution in [0.15, 0.2) is 41.2 Å². The van der Waals surface area contributed by atoms with Gasteiger partial charge in [0.2, 0.25) is 5.82 Å². The maximum atomic E-state index is 13.5. The van der Waals surface area contributed by atoms with Crippen molar-refractivity contribution in [1.82, 2.24) is 29.8 Å². The molecule has 4 aromatic rings. The number of rotatable bonds is 6. The summed E-state index contributed by atoms with van der Waals surface area (Å²) in [5.74, 6) is -1.56. The molecule has 0 bridgehead atoms. The van der Waals surface area contributed by atoms with Gasteiger partial charge in [-0.15, -0.1) is 10.2 Å². The van der Waals surface area contributed by atoms with E-state index in [1.165, 1.54) is 4.80 Å². The normalized spacial score (nSPS) is 17.5. The third-order valence-electron chi connectivity index (χ3n) is 7.51. The number of esters is 1. The molecule has 0 spiro atoms. The molecule has 2 N–H and O–H groups in total. The molecule has 3 aromatic heterocycles. The number of aryl methyl sites for hydroxylation is 1. The van der Waals surface area contributed by atoms with Crippen LogP contribution >= 0.6 is 0 Å². The zero-order chi connectivity index (χ0) is 27.6. The number of aromatic nitrogens is 6. The van der Waals surface area contributed by atoms with E-state index in [1.807, 2.05) is 19.1 Å². The Kier molecular flexibility index (Phi) is 5.47. The average Bonchev–Trinajstić information content (AvgIpc) is 3.54. The Morgan fingerprint density at radius 1 is 1.21 bits per heavy atom. The summed E-state index contributed by atoms with van der Waals surface area (Å²) < 4.78 is 6.77. The molecule has 6 rings (SSSR count). The van der Waals surface area contributed by atoms with E-state index in [4.69, 9.17) is 14.8 Å². The Labute approximate surface area is 221 Å². The number of tetrazole rings is 1. The fourth-order valence-corrected chi connectivity index (χ4v) is 5.37. The molecule has 1 aromatic carbocycles. The van der Waals surface area contributed by atoms with Gasteiger partial charge in [-0.3, -0.25) is 4.79 Å². The number of carboxylic acid groups (broad SMARTS) is 1. The van der Waals surface area contributed by atoms with E-state index in [-0.39, 0.29) is 41.8 Å². The summed E-state index contributed by atoms with van der Waals surface area (Å²) in [5, 5.41) is 33.3. The molecule has 0 amide bonds. The molecule has 0 aliphatic carbocycles. The number of cyclic esters (lactones) is 1. The van der Waals surface area contributed by atoms with Crippen LogP contribution < -0.4 is 5.56 Å². The summed E-state index contributed by atoms with van der Waals surface area (Å²) in [6, 6.07) is 7.25. The molecule has 198 valence electrons. The van der Waals surface area contributed by atoms with Gasteiger partial charge in [-0.05, 0) is 47.9 Å². The van der Waals surface area contributed by atoms with E-state index in [2.05, 4.69) is 22.0 Å². The molecule has 5 heterocycles. The first-order chi connectivity index (χ1) is 18.7. The minimum atomic E-state index is -1.88. The van der Waals surface area contributed by atoms with Crippen molar-refractivity contribution in [1.29, 1.82) is 0 Å².